The summed E-state index contributed by atoms with van der Waals surface area (Å²) in [7, 11) is -1.13. The van der Waals surface area contributed by atoms with Crippen molar-refractivity contribution >= 4 is 36.5 Å². The Morgan fingerprint density at radius 3 is 2.89 bits per heavy atom. The number of hydrogen-bond acceptors (Lipinski definition) is 7. The molecule has 0 saturated carbocycles. The third-order valence-electron chi connectivity index (χ3n) is 7.09. The zero-order chi connectivity index (χ0) is 26.7. The van der Waals surface area contributed by atoms with E-state index in [2.05, 4.69) is 50.7 Å². The van der Waals surface area contributed by atoms with E-state index in [1.807, 2.05) is 46.0 Å². The van der Waals surface area contributed by atoms with Gasteiger partial charge in [0.1, 0.15) is 29.7 Å². The van der Waals surface area contributed by atoms with Gasteiger partial charge in [0.25, 0.3) is 0 Å². The number of fused-ring (bicyclic) bond motifs is 1. The molecule has 0 spiro atoms. The summed E-state index contributed by atoms with van der Waals surface area (Å²) in [6.45, 7) is 9.94. The van der Waals surface area contributed by atoms with E-state index in [1.54, 1.807) is 12.4 Å². The molecule has 1 saturated heterocycles. The molecule has 1 fully saturated rings. The average Bonchev–Trinajstić information content (AvgIpc) is 3.65. The molecule has 0 radical (unpaired) electrons. The van der Waals surface area contributed by atoms with E-state index >= 15 is 0 Å². The molecule has 2 atom stereocenters. The smallest absolute Gasteiger partial charge is 0.145 e. The topological polar surface area (TPSA) is 97.7 Å². The standard InChI is InChI=1S/C27H33ClN8OSi/c1-38(2,3)14-13-37-19-35-12-9-22-26(30-18-31-27(22)35)21-15-32-36(17-21)23(7-10-29)20-8-11-34(16-20)25-6-4-5-24(28)33-25/h4-6,9,12,15,17-18,20,23H,7-8,11,13-14,16,19H2,1-3H3. The Balaban J connectivity index is 1.33. The van der Waals surface area contributed by atoms with Gasteiger partial charge >= 0.3 is 0 Å². The first kappa shape index (κ1) is 26.3. The molecule has 1 aliphatic rings. The number of nitrogens with zero attached hydrogens (tertiary/aromatic N) is 8. The van der Waals surface area contributed by atoms with E-state index in [1.165, 1.54) is 0 Å². The maximum absolute atomic E-state index is 9.61. The first-order chi connectivity index (χ1) is 18.3. The van der Waals surface area contributed by atoms with Crippen molar-refractivity contribution < 1.29 is 4.74 Å². The van der Waals surface area contributed by atoms with Crippen LogP contribution in [0.1, 0.15) is 18.9 Å². The molecule has 5 heterocycles. The van der Waals surface area contributed by atoms with Gasteiger partial charge in [-0.3, -0.25) is 4.68 Å². The minimum Gasteiger partial charge on any atom is -0.361 e. The molecule has 4 aromatic rings. The van der Waals surface area contributed by atoms with Crippen LogP contribution >= 0.6 is 11.6 Å². The fourth-order valence-corrected chi connectivity index (χ4v) is 5.89. The summed E-state index contributed by atoms with van der Waals surface area (Å²) in [5, 5.41) is 15.7. The molecule has 2 unspecified atom stereocenters. The SMILES string of the molecule is C[Si](C)(C)CCOCn1ccc2c(-c3cnn(C(CC#N)C4CCN(c5cccc(Cl)n5)C4)c3)ncnc21. The molecule has 198 valence electrons. The van der Waals surface area contributed by atoms with Gasteiger partial charge in [-0.15, -0.1) is 0 Å². The third kappa shape index (κ3) is 5.90. The zero-order valence-corrected chi connectivity index (χ0v) is 23.8. The van der Waals surface area contributed by atoms with E-state index in [9.17, 15) is 5.26 Å². The Morgan fingerprint density at radius 1 is 1.24 bits per heavy atom. The highest BCUT2D eigenvalue weighted by atomic mass is 35.5. The molecule has 11 heteroatoms. The first-order valence-electron chi connectivity index (χ1n) is 13.0. The van der Waals surface area contributed by atoms with Gasteiger partial charge in [-0.05, 0) is 30.7 Å². The van der Waals surface area contributed by atoms with Crippen molar-refractivity contribution in [1.29, 1.82) is 5.26 Å². The highest BCUT2D eigenvalue weighted by molar-refractivity contribution is 6.76. The van der Waals surface area contributed by atoms with Crippen LogP contribution < -0.4 is 4.90 Å². The number of halogens is 1. The van der Waals surface area contributed by atoms with Crippen LogP contribution in [0, 0.1) is 17.2 Å². The molecule has 1 aliphatic heterocycles. The zero-order valence-electron chi connectivity index (χ0n) is 22.1. The quantitative estimate of drug-likeness (QED) is 0.144. The van der Waals surface area contributed by atoms with Crippen LogP contribution in [0.4, 0.5) is 5.82 Å². The van der Waals surface area contributed by atoms with Crippen molar-refractivity contribution in [3.05, 3.63) is 54.3 Å². The fraction of sp³-hybridized carbons (Fsp3) is 0.444. The summed E-state index contributed by atoms with van der Waals surface area (Å²) in [5.74, 6) is 1.14. The number of rotatable bonds is 10. The minimum absolute atomic E-state index is 0.0420. The van der Waals surface area contributed by atoms with Gasteiger partial charge in [-0.2, -0.15) is 10.4 Å². The summed E-state index contributed by atoms with van der Waals surface area (Å²) in [6.07, 6.45) is 8.76. The van der Waals surface area contributed by atoms with Gasteiger partial charge in [0, 0.05) is 57.0 Å². The highest BCUT2D eigenvalue weighted by Crippen LogP contribution is 2.34. The second kappa shape index (κ2) is 11.2. The van der Waals surface area contributed by atoms with E-state index in [4.69, 9.17) is 16.3 Å². The lowest BCUT2D eigenvalue weighted by Gasteiger charge is -2.23. The van der Waals surface area contributed by atoms with Gasteiger partial charge in [0.05, 0.1) is 30.4 Å². The lowest BCUT2D eigenvalue weighted by molar-refractivity contribution is 0.0899. The van der Waals surface area contributed by atoms with Crippen LogP contribution in [-0.4, -0.2) is 57.1 Å². The number of anilines is 1. The van der Waals surface area contributed by atoms with Crippen LogP contribution in [0.2, 0.25) is 30.8 Å². The fourth-order valence-electron chi connectivity index (χ4n) is 4.97. The van der Waals surface area contributed by atoms with Crippen molar-refractivity contribution in [1.82, 2.24) is 29.3 Å². The molecule has 0 amide bonds. The summed E-state index contributed by atoms with van der Waals surface area (Å²) >= 11 is 6.11. The van der Waals surface area contributed by atoms with Crippen molar-refractivity contribution in [2.75, 3.05) is 24.6 Å². The third-order valence-corrected chi connectivity index (χ3v) is 9.01. The maximum Gasteiger partial charge on any atom is 0.145 e. The number of hydrogen-bond donors (Lipinski definition) is 0. The molecule has 5 rings (SSSR count). The van der Waals surface area contributed by atoms with Gasteiger partial charge in [0.15, 0.2) is 0 Å². The number of aromatic nitrogens is 6. The monoisotopic (exact) mass is 548 g/mol. The number of pyridine rings is 1. The van der Waals surface area contributed by atoms with E-state index in [0.717, 1.165) is 60.3 Å². The van der Waals surface area contributed by atoms with Crippen LogP contribution in [0.25, 0.3) is 22.3 Å². The van der Waals surface area contributed by atoms with E-state index in [-0.39, 0.29) is 12.0 Å². The molecule has 38 heavy (non-hydrogen) atoms. The normalized spacial score (nSPS) is 16.7. The predicted octanol–water partition coefficient (Wildman–Crippen LogP) is 5.64. The van der Waals surface area contributed by atoms with E-state index < -0.39 is 8.07 Å². The van der Waals surface area contributed by atoms with Crippen LogP contribution in [0.15, 0.2) is 49.2 Å². The lowest BCUT2D eigenvalue weighted by atomic mass is 9.96. The van der Waals surface area contributed by atoms with Gasteiger partial charge in [-0.25, -0.2) is 15.0 Å². The molecule has 0 aliphatic carbocycles. The predicted molar refractivity (Wildman–Crippen MR) is 152 cm³/mol. The minimum atomic E-state index is -1.13. The Bertz CT molecular complexity index is 1440. The van der Waals surface area contributed by atoms with Gasteiger partial charge in [-0.1, -0.05) is 37.3 Å². The molecular weight excluding hydrogens is 516 g/mol. The largest absolute Gasteiger partial charge is 0.361 e. The molecule has 0 aromatic carbocycles. The van der Waals surface area contributed by atoms with Gasteiger partial charge in [0.2, 0.25) is 0 Å². The molecule has 0 bridgehead atoms. The van der Waals surface area contributed by atoms with Crippen LogP contribution in [0.5, 0.6) is 0 Å². The summed E-state index contributed by atoms with van der Waals surface area (Å²) in [5.41, 5.74) is 2.57. The number of ether oxygens (including phenoxy) is 1. The maximum atomic E-state index is 9.61. The van der Waals surface area contributed by atoms with Crippen LogP contribution in [0.3, 0.4) is 0 Å². The Kier molecular flexibility index (Phi) is 7.79. The van der Waals surface area contributed by atoms with Gasteiger partial charge < -0.3 is 14.2 Å². The lowest BCUT2D eigenvalue weighted by Crippen LogP contribution is -2.25. The van der Waals surface area contributed by atoms with Crippen molar-refractivity contribution in [2.24, 2.45) is 5.92 Å². The Hall–Kier alpha value is -3.26. The summed E-state index contributed by atoms with van der Waals surface area (Å²) in [6, 6.07) is 11.2. The Morgan fingerprint density at radius 2 is 2.11 bits per heavy atom. The van der Waals surface area contributed by atoms with Crippen molar-refractivity contribution in [2.45, 2.75) is 51.3 Å². The molecular formula is C27H33ClN8OSi. The molecule has 4 aromatic heterocycles. The number of nitriles is 1. The summed E-state index contributed by atoms with van der Waals surface area (Å²) < 4.78 is 9.90. The van der Waals surface area contributed by atoms with E-state index in [0.29, 0.717) is 18.3 Å². The second-order valence-corrected chi connectivity index (χ2v) is 17.1. The van der Waals surface area contributed by atoms with Crippen LogP contribution in [-0.2, 0) is 11.5 Å². The molecule has 0 N–H and O–H groups in total. The second-order valence-electron chi connectivity index (χ2n) is 11.0. The Labute approximate surface area is 229 Å². The van der Waals surface area contributed by atoms with Crippen molar-refractivity contribution in [3.63, 3.8) is 0 Å². The highest BCUT2D eigenvalue weighted by Gasteiger charge is 2.32. The summed E-state index contributed by atoms with van der Waals surface area (Å²) in [4.78, 5) is 15.8. The molecule has 9 nitrogen and oxygen atoms in total. The van der Waals surface area contributed by atoms with Crippen molar-refractivity contribution in [3.8, 4) is 17.3 Å². The first-order valence-corrected chi connectivity index (χ1v) is 17.1. The average molecular weight is 549 g/mol.